The van der Waals surface area contributed by atoms with E-state index in [-0.39, 0.29) is 11.8 Å². The maximum absolute atomic E-state index is 11.5. The van der Waals surface area contributed by atoms with Crippen molar-refractivity contribution in [3.63, 3.8) is 0 Å². The monoisotopic (exact) mass is 419 g/mol. The predicted octanol–water partition coefficient (Wildman–Crippen LogP) is 1.61. The molecule has 1 saturated heterocycles. The van der Waals surface area contributed by atoms with E-state index in [1.165, 1.54) is 4.57 Å². The first-order chi connectivity index (χ1) is 13.5. The molecule has 0 aliphatic carbocycles. The smallest absolute Gasteiger partial charge is 0.475 e. The van der Waals surface area contributed by atoms with Gasteiger partial charge >= 0.3 is 17.9 Å². The van der Waals surface area contributed by atoms with Gasteiger partial charge in [-0.3, -0.25) is 4.57 Å². The Morgan fingerprint density at radius 2 is 2.10 bits per heavy atom. The number of ether oxygens (including phenoxy) is 1. The minimum atomic E-state index is -5.08. The van der Waals surface area contributed by atoms with Gasteiger partial charge in [-0.1, -0.05) is 6.07 Å². The molecular weight excluding hydrogens is 395 g/mol. The van der Waals surface area contributed by atoms with Crippen LogP contribution in [-0.2, 0) is 23.1 Å². The number of benzene rings is 1. The first kappa shape index (κ1) is 22.9. The van der Waals surface area contributed by atoms with Crippen LogP contribution in [0, 0.1) is 5.92 Å². The number of aromatic nitrogens is 1. The van der Waals surface area contributed by atoms with Gasteiger partial charge in [-0.05, 0) is 31.0 Å². The number of aliphatic carboxylic acids is 1. The van der Waals surface area contributed by atoms with Gasteiger partial charge in [-0.15, -0.1) is 0 Å². The molecule has 11 heteroatoms. The van der Waals surface area contributed by atoms with Crippen molar-refractivity contribution in [1.29, 1.82) is 0 Å². The molecule has 3 rings (SSSR count). The van der Waals surface area contributed by atoms with Crippen LogP contribution in [0.4, 0.5) is 13.2 Å². The van der Waals surface area contributed by atoms with E-state index < -0.39 is 12.1 Å². The van der Waals surface area contributed by atoms with Crippen molar-refractivity contribution in [3.8, 4) is 0 Å². The number of nitrogens with two attached hydrogens (primary N) is 1. The van der Waals surface area contributed by atoms with Gasteiger partial charge in [0, 0.05) is 38.2 Å². The molecule has 1 aliphatic heterocycles. The summed E-state index contributed by atoms with van der Waals surface area (Å²) >= 11 is 0. The summed E-state index contributed by atoms with van der Waals surface area (Å²) in [5.41, 5.74) is 8.62. The van der Waals surface area contributed by atoms with Crippen LogP contribution in [0.25, 0.3) is 11.1 Å². The van der Waals surface area contributed by atoms with E-state index in [1.54, 1.807) is 7.05 Å². The number of oxazole rings is 1. The molecule has 0 amide bonds. The summed E-state index contributed by atoms with van der Waals surface area (Å²) in [6, 6.07) is 6.29. The summed E-state index contributed by atoms with van der Waals surface area (Å²) in [6.07, 6.45) is -4.11. The van der Waals surface area contributed by atoms with Crippen LogP contribution < -0.4 is 16.8 Å². The Kier molecular flexibility index (Phi) is 7.44. The second-order valence-electron chi connectivity index (χ2n) is 6.91. The molecule has 29 heavy (non-hydrogen) atoms. The largest absolute Gasteiger partial charge is 0.490 e. The highest BCUT2D eigenvalue weighted by molar-refractivity contribution is 5.73. The lowest BCUT2D eigenvalue weighted by Crippen LogP contribution is -2.49. The van der Waals surface area contributed by atoms with E-state index >= 15 is 0 Å². The van der Waals surface area contributed by atoms with Gasteiger partial charge in [0.15, 0.2) is 5.58 Å². The maximum Gasteiger partial charge on any atom is 0.490 e. The van der Waals surface area contributed by atoms with E-state index in [4.69, 9.17) is 24.8 Å². The fraction of sp³-hybridized carbons (Fsp3) is 0.556. The molecule has 3 unspecified atom stereocenters. The normalized spacial score (nSPS) is 20.8. The SMILES string of the molecule is CC(N)C1COCCC1NCc1ccc2oc(=O)n(C)c2c1.O=C(O)C(F)(F)F. The van der Waals surface area contributed by atoms with Crippen molar-refractivity contribution in [2.75, 3.05) is 13.2 Å². The second kappa shape index (κ2) is 9.42. The second-order valence-corrected chi connectivity index (χ2v) is 6.91. The van der Waals surface area contributed by atoms with Crippen molar-refractivity contribution in [2.24, 2.45) is 18.7 Å². The van der Waals surface area contributed by atoms with E-state index in [0.29, 0.717) is 24.1 Å². The first-order valence-electron chi connectivity index (χ1n) is 8.96. The lowest BCUT2D eigenvalue weighted by Gasteiger charge is -2.34. The van der Waals surface area contributed by atoms with E-state index in [0.717, 1.165) is 30.7 Å². The molecule has 4 N–H and O–H groups in total. The molecule has 0 spiro atoms. The number of aryl methyl sites for hydroxylation is 1. The topological polar surface area (TPSA) is 120 Å². The number of halogens is 3. The Morgan fingerprint density at radius 1 is 1.45 bits per heavy atom. The minimum absolute atomic E-state index is 0.106. The van der Waals surface area contributed by atoms with Crippen molar-refractivity contribution in [3.05, 3.63) is 34.3 Å². The van der Waals surface area contributed by atoms with Crippen molar-refractivity contribution < 1.29 is 32.2 Å². The van der Waals surface area contributed by atoms with Crippen molar-refractivity contribution >= 4 is 17.1 Å². The zero-order valence-corrected chi connectivity index (χ0v) is 16.0. The summed E-state index contributed by atoms with van der Waals surface area (Å²) in [6.45, 7) is 4.26. The zero-order valence-electron chi connectivity index (χ0n) is 16.0. The van der Waals surface area contributed by atoms with E-state index in [9.17, 15) is 18.0 Å². The lowest BCUT2D eigenvalue weighted by molar-refractivity contribution is -0.192. The highest BCUT2D eigenvalue weighted by Gasteiger charge is 2.38. The molecular formula is C18H24F3N3O5. The fourth-order valence-corrected chi connectivity index (χ4v) is 3.06. The molecule has 162 valence electrons. The maximum atomic E-state index is 11.5. The van der Waals surface area contributed by atoms with E-state index in [2.05, 4.69) is 5.32 Å². The Bertz CT molecular complexity index is 891. The molecule has 1 aromatic carbocycles. The Labute approximate surface area is 164 Å². The number of rotatable bonds is 4. The summed E-state index contributed by atoms with van der Waals surface area (Å²) < 4.78 is 43.9. The minimum Gasteiger partial charge on any atom is -0.475 e. The first-order valence-corrected chi connectivity index (χ1v) is 8.96. The molecule has 0 saturated carbocycles. The number of nitrogens with zero attached hydrogens (tertiary/aromatic N) is 1. The Morgan fingerprint density at radius 3 is 2.69 bits per heavy atom. The standard InChI is InChI=1S/C16H23N3O3.C2HF3O2/c1-10(17)12-9-21-6-5-13(12)18-8-11-3-4-15-14(7-11)19(2)16(20)22-15;3-2(4,5)1(6)7/h3-4,7,10,12-13,18H,5-6,8-9,17H2,1-2H3;(H,6,7). The summed E-state index contributed by atoms with van der Waals surface area (Å²) in [4.78, 5) is 20.4. The number of carboxylic acid groups (broad SMARTS) is 1. The van der Waals surface area contributed by atoms with Gasteiger partial charge in [0.1, 0.15) is 0 Å². The van der Waals surface area contributed by atoms with Gasteiger partial charge in [-0.2, -0.15) is 13.2 Å². The number of carbonyl (C=O) groups is 1. The quantitative estimate of drug-likeness (QED) is 0.689. The van der Waals surface area contributed by atoms with Gasteiger partial charge in [0.2, 0.25) is 0 Å². The third-order valence-corrected chi connectivity index (χ3v) is 4.74. The van der Waals surface area contributed by atoms with Crippen LogP contribution in [0.15, 0.2) is 27.4 Å². The number of hydrogen-bond acceptors (Lipinski definition) is 6. The van der Waals surface area contributed by atoms with Crippen LogP contribution in [-0.4, -0.2) is 47.1 Å². The molecule has 3 atom stereocenters. The average Bonchev–Trinajstić information content (AvgIpc) is 2.94. The van der Waals surface area contributed by atoms with Gasteiger partial charge in [0.05, 0.1) is 12.1 Å². The molecule has 2 aromatic rings. The van der Waals surface area contributed by atoms with Crippen molar-refractivity contribution in [2.45, 2.75) is 38.1 Å². The molecule has 2 heterocycles. The number of fused-ring (bicyclic) bond motifs is 1. The van der Waals surface area contributed by atoms with Gasteiger partial charge in [-0.25, -0.2) is 9.59 Å². The number of nitrogens with one attached hydrogen (secondary N) is 1. The van der Waals surface area contributed by atoms with Crippen LogP contribution in [0.5, 0.6) is 0 Å². The Balaban J connectivity index is 0.000000370. The van der Waals surface area contributed by atoms with Gasteiger partial charge in [0.25, 0.3) is 0 Å². The molecule has 0 radical (unpaired) electrons. The average molecular weight is 419 g/mol. The van der Waals surface area contributed by atoms with Crippen LogP contribution in [0.2, 0.25) is 0 Å². The molecule has 8 nitrogen and oxygen atoms in total. The number of hydrogen-bond donors (Lipinski definition) is 3. The highest BCUT2D eigenvalue weighted by Crippen LogP contribution is 2.19. The number of alkyl halides is 3. The lowest BCUT2D eigenvalue weighted by atomic mass is 9.90. The molecule has 1 aliphatic rings. The summed E-state index contributed by atoms with van der Waals surface area (Å²) in [5, 5.41) is 10.7. The molecule has 1 fully saturated rings. The van der Waals surface area contributed by atoms with Crippen LogP contribution >= 0.6 is 0 Å². The summed E-state index contributed by atoms with van der Waals surface area (Å²) in [5.74, 6) is -2.76. The Hall–Kier alpha value is -2.37. The van der Waals surface area contributed by atoms with Crippen molar-refractivity contribution in [1.82, 2.24) is 9.88 Å². The van der Waals surface area contributed by atoms with E-state index in [1.807, 2.05) is 25.1 Å². The number of carboxylic acids is 1. The molecule has 1 aromatic heterocycles. The highest BCUT2D eigenvalue weighted by atomic mass is 19.4. The third-order valence-electron chi connectivity index (χ3n) is 4.74. The molecule has 0 bridgehead atoms. The van der Waals surface area contributed by atoms with Crippen LogP contribution in [0.3, 0.4) is 0 Å². The van der Waals surface area contributed by atoms with Crippen LogP contribution in [0.1, 0.15) is 18.9 Å². The van der Waals surface area contributed by atoms with Gasteiger partial charge < -0.3 is 25.3 Å². The zero-order chi connectivity index (χ0) is 21.8. The fourth-order valence-electron chi connectivity index (χ4n) is 3.06. The predicted molar refractivity (Wildman–Crippen MR) is 98.3 cm³/mol. The third kappa shape index (κ3) is 6.05. The summed E-state index contributed by atoms with van der Waals surface area (Å²) in [7, 11) is 1.72.